The Balaban J connectivity index is 2.16. The van der Waals surface area contributed by atoms with Crippen LogP contribution in [-0.4, -0.2) is 22.9 Å². The zero-order valence-electron chi connectivity index (χ0n) is 12.1. The number of hydrogen-bond acceptors (Lipinski definition) is 5. The molecule has 0 aliphatic rings. The van der Waals surface area contributed by atoms with Gasteiger partial charge in [-0.1, -0.05) is 12.0 Å². The maximum absolute atomic E-state index is 11.5. The molecule has 1 heterocycles. The van der Waals surface area contributed by atoms with Crippen LogP contribution in [0.15, 0.2) is 52.1 Å². The van der Waals surface area contributed by atoms with Gasteiger partial charge in [0, 0.05) is 21.1 Å². The fourth-order valence-corrected chi connectivity index (χ4v) is 3.70. The van der Waals surface area contributed by atoms with Crippen LogP contribution >= 0.6 is 15.9 Å². The molecule has 8 heteroatoms. The molecule has 1 aromatic heterocycles. The lowest BCUT2D eigenvalue weighted by Gasteiger charge is -2.10. The quantitative estimate of drug-likeness (QED) is 0.514. The summed E-state index contributed by atoms with van der Waals surface area (Å²) in [5.74, 6) is 2.93. The molecule has 24 heavy (non-hydrogen) atoms. The number of hydrogen-bond donors (Lipinski definition) is 2. The minimum Gasteiger partial charge on any atom is -0.340 e. The third kappa shape index (κ3) is 3.23. The van der Waals surface area contributed by atoms with Crippen molar-refractivity contribution in [2.45, 2.75) is 4.90 Å². The minimum atomic E-state index is -4.38. The minimum absolute atomic E-state index is 0.219. The van der Waals surface area contributed by atoms with Crippen molar-refractivity contribution in [2.24, 2.45) is 0 Å². The molecular weight excluding hydrogens is 394 g/mol. The Labute approximate surface area is 146 Å². The van der Waals surface area contributed by atoms with Gasteiger partial charge >= 0.3 is 0 Å². The summed E-state index contributed by atoms with van der Waals surface area (Å²) in [5.41, 5.74) is 1.90. The van der Waals surface area contributed by atoms with E-state index in [0.717, 1.165) is 0 Å². The van der Waals surface area contributed by atoms with Gasteiger partial charge in [-0.3, -0.25) is 4.55 Å². The Kier molecular flexibility index (Phi) is 4.24. The van der Waals surface area contributed by atoms with Crippen LogP contribution in [0.2, 0.25) is 0 Å². The van der Waals surface area contributed by atoms with E-state index in [9.17, 15) is 13.0 Å². The van der Waals surface area contributed by atoms with Gasteiger partial charge < -0.3 is 5.32 Å². The highest BCUT2D eigenvalue weighted by molar-refractivity contribution is 9.10. The van der Waals surface area contributed by atoms with E-state index in [1.165, 1.54) is 18.5 Å². The number of fused-ring (bicyclic) bond motifs is 1. The van der Waals surface area contributed by atoms with Crippen LogP contribution in [0, 0.1) is 12.3 Å². The molecule has 0 atom stereocenters. The zero-order valence-corrected chi connectivity index (χ0v) is 14.5. The topological polar surface area (TPSA) is 92.2 Å². The van der Waals surface area contributed by atoms with Crippen LogP contribution in [0.3, 0.4) is 0 Å². The highest BCUT2D eigenvalue weighted by atomic mass is 79.9. The molecule has 0 saturated heterocycles. The maximum atomic E-state index is 11.5. The molecule has 0 saturated carbocycles. The largest absolute Gasteiger partial charge is 0.340 e. The highest BCUT2D eigenvalue weighted by Crippen LogP contribution is 2.31. The van der Waals surface area contributed by atoms with Crippen molar-refractivity contribution in [3.8, 4) is 12.3 Å². The number of nitrogens with zero attached hydrogens (tertiary/aromatic N) is 2. The molecule has 3 rings (SSSR count). The standard InChI is InChI=1S/C16H10BrN3O3S/c1-2-10-4-3-5-11(6-10)20-16-12-7-15(24(21,22)23)13(17)8-14(12)18-9-19-16/h1,3-9H,(H,18,19,20)(H,21,22,23). The Morgan fingerprint density at radius 3 is 2.71 bits per heavy atom. The lowest BCUT2D eigenvalue weighted by atomic mass is 10.2. The Morgan fingerprint density at radius 1 is 1.21 bits per heavy atom. The second-order valence-electron chi connectivity index (χ2n) is 4.85. The molecule has 2 aromatic carbocycles. The SMILES string of the molecule is C#Cc1cccc(Nc2ncnc3cc(Br)c(S(=O)(=O)O)cc23)c1. The molecule has 2 N–H and O–H groups in total. The summed E-state index contributed by atoms with van der Waals surface area (Å²) >= 11 is 3.12. The van der Waals surface area contributed by atoms with Crippen molar-refractivity contribution in [2.75, 3.05) is 5.32 Å². The summed E-state index contributed by atoms with van der Waals surface area (Å²) in [5, 5.41) is 3.53. The third-order valence-corrected chi connectivity index (χ3v) is 5.07. The fourth-order valence-electron chi connectivity index (χ4n) is 2.18. The van der Waals surface area contributed by atoms with Gasteiger partial charge in [-0.25, -0.2) is 9.97 Å². The van der Waals surface area contributed by atoms with E-state index >= 15 is 0 Å². The number of terminal acetylenes is 1. The van der Waals surface area contributed by atoms with Gasteiger partial charge in [0.1, 0.15) is 17.0 Å². The lowest BCUT2D eigenvalue weighted by molar-refractivity contribution is 0.483. The van der Waals surface area contributed by atoms with Crippen molar-refractivity contribution in [3.63, 3.8) is 0 Å². The molecule has 0 aliphatic heterocycles. The van der Waals surface area contributed by atoms with Crippen LogP contribution in [-0.2, 0) is 10.1 Å². The first kappa shape index (κ1) is 16.4. The fraction of sp³-hybridized carbons (Fsp3) is 0. The van der Waals surface area contributed by atoms with Crippen LogP contribution in [0.4, 0.5) is 11.5 Å². The molecular formula is C16H10BrN3O3S. The summed E-state index contributed by atoms with van der Waals surface area (Å²) in [7, 11) is -4.38. The zero-order chi connectivity index (χ0) is 17.3. The summed E-state index contributed by atoms with van der Waals surface area (Å²) in [6.07, 6.45) is 6.74. The van der Waals surface area contributed by atoms with E-state index in [0.29, 0.717) is 28.0 Å². The summed E-state index contributed by atoms with van der Waals surface area (Å²) in [6.45, 7) is 0. The van der Waals surface area contributed by atoms with Crippen molar-refractivity contribution in [1.29, 1.82) is 0 Å². The molecule has 0 unspecified atom stereocenters. The molecule has 0 amide bonds. The Bertz CT molecular complexity index is 1090. The maximum Gasteiger partial charge on any atom is 0.295 e. The predicted octanol–water partition coefficient (Wildman–Crippen LogP) is 3.36. The number of anilines is 2. The molecule has 0 aliphatic carbocycles. The van der Waals surface area contributed by atoms with Gasteiger partial charge in [0.25, 0.3) is 10.1 Å². The first-order valence-electron chi connectivity index (χ1n) is 6.64. The molecule has 0 bridgehead atoms. The monoisotopic (exact) mass is 403 g/mol. The van der Waals surface area contributed by atoms with Crippen LogP contribution in [0.25, 0.3) is 10.9 Å². The van der Waals surface area contributed by atoms with Crippen LogP contribution < -0.4 is 5.32 Å². The molecule has 6 nitrogen and oxygen atoms in total. The average molecular weight is 404 g/mol. The van der Waals surface area contributed by atoms with Gasteiger partial charge in [0.15, 0.2) is 0 Å². The van der Waals surface area contributed by atoms with Gasteiger partial charge in [-0.05, 0) is 46.3 Å². The van der Waals surface area contributed by atoms with E-state index in [1.807, 2.05) is 0 Å². The average Bonchev–Trinajstić information content (AvgIpc) is 2.53. The first-order chi connectivity index (χ1) is 11.4. The molecule has 0 radical (unpaired) electrons. The number of halogens is 1. The molecule has 3 aromatic rings. The number of benzene rings is 2. The Morgan fingerprint density at radius 2 is 2.00 bits per heavy atom. The van der Waals surface area contributed by atoms with E-state index in [2.05, 4.69) is 37.1 Å². The predicted molar refractivity (Wildman–Crippen MR) is 94.7 cm³/mol. The first-order valence-corrected chi connectivity index (χ1v) is 8.87. The summed E-state index contributed by atoms with van der Waals surface area (Å²) < 4.78 is 32.5. The van der Waals surface area contributed by atoms with Crippen LogP contribution in [0.1, 0.15) is 5.56 Å². The normalized spacial score (nSPS) is 11.2. The van der Waals surface area contributed by atoms with Gasteiger partial charge in [0.2, 0.25) is 0 Å². The van der Waals surface area contributed by atoms with Crippen molar-refractivity contribution < 1.29 is 13.0 Å². The second-order valence-corrected chi connectivity index (χ2v) is 7.09. The summed E-state index contributed by atoms with van der Waals surface area (Å²) in [6, 6.07) is 9.96. The van der Waals surface area contributed by atoms with Gasteiger partial charge in [0.05, 0.1) is 5.52 Å². The van der Waals surface area contributed by atoms with Crippen LogP contribution in [0.5, 0.6) is 0 Å². The van der Waals surface area contributed by atoms with E-state index in [4.69, 9.17) is 6.42 Å². The Hall–Kier alpha value is -2.47. The molecule has 120 valence electrons. The second kappa shape index (κ2) is 6.20. The number of rotatable bonds is 3. The van der Waals surface area contributed by atoms with E-state index in [-0.39, 0.29) is 9.37 Å². The van der Waals surface area contributed by atoms with E-state index < -0.39 is 10.1 Å². The van der Waals surface area contributed by atoms with Crippen molar-refractivity contribution >= 4 is 48.5 Å². The molecule has 0 fully saturated rings. The summed E-state index contributed by atoms with van der Waals surface area (Å²) in [4.78, 5) is 8.00. The molecule has 0 spiro atoms. The number of nitrogens with one attached hydrogen (secondary N) is 1. The van der Waals surface area contributed by atoms with Gasteiger partial charge in [-0.2, -0.15) is 8.42 Å². The smallest absolute Gasteiger partial charge is 0.295 e. The lowest BCUT2D eigenvalue weighted by Crippen LogP contribution is -2.02. The van der Waals surface area contributed by atoms with Gasteiger partial charge in [-0.15, -0.1) is 6.42 Å². The number of aromatic nitrogens is 2. The van der Waals surface area contributed by atoms with Crippen molar-refractivity contribution in [1.82, 2.24) is 9.97 Å². The third-order valence-electron chi connectivity index (χ3n) is 3.26. The van der Waals surface area contributed by atoms with E-state index in [1.54, 1.807) is 24.3 Å². The highest BCUT2D eigenvalue weighted by Gasteiger charge is 2.17. The van der Waals surface area contributed by atoms with Crippen molar-refractivity contribution in [3.05, 3.63) is 52.8 Å².